The predicted molar refractivity (Wildman–Crippen MR) is 105 cm³/mol. The fourth-order valence-corrected chi connectivity index (χ4v) is 2.77. The number of amides is 1. The lowest BCUT2D eigenvalue weighted by atomic mass is 10.2. The lowest BCUT2D eigenvalue weighted by Gasteiger charge is -2.09. The summed E-state index contributed by atoms with van der Waals surface area (Å²) in [5.74, 6) is 0.806. The van der Waals surface area contributed by atoms with E-state index in [0.29, 0.717) is 29.4 Å². The number of alkyl halides is 3. The molecule has 0 aliphatic carbocycles. The summed E-state index contributed by atoms with van der Waals surface area (Å²) in [4.78, 5) is 16.3. The molecule has 0 radical (unpaired) electrons. The van der Waals surface area contributed by atoms with Crippen LogP contribution in [0.3, 0.4) is 0 Å². The van der Waals surface area contributed by atoms with Gasteiger partial charge in [-0.2, -0.15) is 13.2 Å². The van der Waals surface area contributed by atoms with E-state index in [1.165, 1.54) is 29.8 Å². The summed E-state index contributed by atoms with van der Waals surface area (Å²) < 4.78 is 50.4. The monoisotopic (exact) mass is 419 g/mol. The lowest BCUT2D eigenvalue weighted by Crippen LogP contribution is -2.20. The van der Waals surface area contributed by atoms with Gasteiger partial charge in [0.05, 0.1) is 31.5 Å². The second-order valence-electron chi connectivity index (χ2n) is 6.31. The van der Waals surface area contributed by atoms with E-state index >= 15 is 0 Å². The molecule has 30 heavy (non-hydrogen) atoms. The number of hydrogen-bond donors (Lipinski definition) is 1. The van der Waals surface area contributed by atoms with Crippen LogP contribution in [-0.4, -0.2) is 29.0 Å². The molecule has 9 heteroatoms. The van der Waals surface area contributed by atoms with E-state index in [1.807, 2.05) is 6.92 Å². The van der Waals surface area contributed by atoms with Crippen LogP contribution in [0.4, 0.5) is 13.2 Å². The van der Waals surface area contributed by atoms with E-state index in [1.54, 1.807) is 24.3 Å². The number of benzene rings is 1. The van der Waals surface area contributed by atoms with E-state index in [0.717, 1.165) is 17.8 Å². The minimum absolute atomic E-state index is 0.0821. The highest BCUT2D eigenvalue weighted by molar-refractivity contribution is 5.91. The Morgan fingerprint density at radius 1 is 1.20 bits per heavy atom. The lowest BCUT2D eigenvalue weighted by molar-refractivity contribution is -0.137. The fraction of sp³-hybridized carbons (Fsp3) is 0.238. The van der Waals surface area contributed by atoms with Crippen molar-refractivity contribution in [3.8, 4) is 11.5 Å². The van der Waals surface area contributed by atoms with Gasteiger partial charge in [-0.3, -0.25) is 4.79 Å². The minimum Gasteiger partial charge on any atom is -0.493 e. The number of hydrogen-bond acceptors (Lipinski definition) is 4. The van der Waals surface area contributed by atoms with Crippen LogP contribution in [0.2, 0.25) is 0 Å². The van der Waals surface area contributed by atoms with Crippen molar-refractivity contribution >= 4 is 17.6 Å². The molecule has 0 aliphatic rings. The van der Waals surface area contributed by atoms with Crippen LogP contribution in [0.25, 0.3) is 11.7 Å². The summed E-state index contributed by atoms with van der Waals surface area (Å²) >= 11 is 0. The number of rotatable bonds is 7. The van der Waals surface area contributed by atoms with Gasteiger partial charge in [0, 0.05) is 18.5 Å². The van der Waals surface area contributed by atoms with E-state index in [-0.39, 0.29) is 12.5 Å². The maximum absolute atomic E-state index is 12.8. The number of carbonyl (C=O) groups excluding carboxylic acids is 1. The number of halogens is 3. The standard InChI is InChI=1S/C21H20F3N3O3/c1-3-30-17-7-4-14(10-18(17)29-2)5-9-20(28)25-11-16-13-27-12-15(21(22,23)24)6-8-19(27)26-16/h4-10,12-13H,3,11H2,1-2H3,(H,25,28)/b9-5+. The molecule has 0 saturated carbocycles. The molecule has 0 atom stereocenters. The van der Waals surface area contributed by atoms with Crippen molar-refractivity contribution in [1.29, 1.82) is 0 Å². The summed E-state index contributed by atoms with van der Waals surface area (Å²) in [5, 5.41) is 2.66. The number of aromatic nitrogens is 2. The third-order valence-corrected chi connectivity index (χ3v) is 4.19. The highest BCUT2D eigenvalue weighted by Crippen LogP contribution is 2.29. The Hall–Kier alpha value is -3.49. The van der Waals surface area contributed by atoms with Crippen LogP contribution in [-0.2, 0) is 17.5 Å². The topological polar surface area (TPSA) is 64.9 Å². The number of fused-ring (bicyclic) bond motifs is 1. The minimum atomic E-state index is -4.43. The third kappa shape index (κ3) is 5.11. The summed E-state index contributed by atoms with van der Waals surface area (Å²) in [6.07, 6.45) is 0.958. The molecule has 1 amide bonds. The number of methoxy groups -OCH3 is 1. The number of carbonyl (C=O) groups is 1. The van der Waals surface area contributed by atoms with Gasteiger partial charge in [0.25, 0.3) is 0 Å². The second kappa shape index (κ2) is 8.89. The zero-order valence-corrected chi connectivity index (χ0v) is 16.4. The smallest absolute Gasteiger partial charge is 0.417 e. The van der Waals surface area contributed by atoms with Gasteiger partial charge in [0.1, 0.15) is 5.65 Å². The molecule has 3 rings (SSSR count). The third-order valence-electron chi connectivity index (χ3n) is 4.19. The van der Waals surface area contributed by atoms with Gasteiger partial charge in [-0.15, -0.1) is 0 Å². The van der Waals surface area contributed by atoms with Gasteiger partial charge in [-0.25, -0.2) is 4.98 Å². The number of nitrogens with one attached hydrogen (secondary N) is 1. The van der Waals surface area contributed by atoms with Gasteiger partial charge < -0.3 is 19.2 Å². The predicted octanol–water partition coefficient (Wildman–Crippen LogP) is 4.09. The van der Waals surface area contributed by atoms with Crippen molar-refractivity contribution in [1.82, 2.24) is 14.7 Å². The zero-order chi connectivity index (χ0) is 21.7. The first-order valence-electron chi connectivity index (χ1n) is 9.11. The van der Waals surface area contributed by atoms with E-state index in [2.05, 4.69) is 10.3 Å². The molecule has 0 bridgehead atoms. The highest BCUT2D eigenvalue weighted by Gasteiger charge is 2.30. The first kappa shape index (κ1) is 21.2. The number of imidazole rings is 1. The van der Waals surface area contributed by atoms with E-state index in [9.17, 15) is 18.0 Å². The molecule has 1 aromatic carbocycles. The molecule has 2 heterocycles. The molecule has 3 aromatic rings. The van der Waals surface area contributed by atoms with Gasteiger partial charge in [-0.05, 0) is 42.8 Å². The van der Waals surface area contributed by atoms with Crippen LogP contribution in [0.1, 0.15) is 23.7 Å². The largest absolute Gasteiger partial charge is 0.493 e. The van der Waals surface area contributed by atoms with Crippen LogP contribution in [0.15, 0.2) is 48.8 Å². The highest BCUT2D eigenvalue weighted by atomic mass is 19.4. The average molecular weight is 419 g/mol. The SMILES string of the molecule is CCOc1ccc(/C=C/C(=O)NCc2cn3cc(C(F)(F)F)ccc3n2)cc1OC. The van der Waals surface area contributed by atoms with Crippen molar-refractivity contribution in [3.05, 3.63) is 65.6 Å². The van der Waals surface area contributed by atoms with Crippen molar-refractivity contribution in [2.24, 2.45) is 0 Å². The first-order valence-corrected chi connectivity index (χ1v) is 9.11. The Morgan fingerprint density at radius 2 is 2.00 bits per heavy atom. The second-order valence-corrected chi connectivity index (χ2v) is 6.31. The van der Waals surface area contributed by atoms with Crippen LogP contribution in [0, 0.1) is 0 Å². The summed E-state index contributed by atoms with van der Waals surface area (Å²) in [5.41, 5.74) is 0.789. The molecule has 6 nitrogen and oxygen atoms in total. The molecule has 158 valence electrons. The van der Waals surface area contributed by atoms with Crippen molar-refractivity contribution < 1.29 is 27.4 Å². The van der Waals surface area contributed by atoms with Gasteiger partial charge in [0.15, 0.2) is 11.5 Å². The van der Waals surface area contributed by atoms with Gasteiger partial charge in [0.2, 0.25) is 5.91 Å². The fourth-order valence-electron chi connectivity index (χ4n) is 2.77. The summed E-state index contributed by atoms with van der Waals surface area (Å²) in [7, 11) is 1.53. The Kier molecular flexibility index (Phi) is 6.29. The summed E-state index contributed by atoms with van der Waals surface area (Å²) in [6, 6.07) is 7.55. The number of ether oxygens (including phenoxy) is 2. The number of pyridine rings is 1. The van der Waals surface area contributed by atoms with Crippen LogP contribution >= 0.6 is 0 Å². The van der Waals surface area contributed by atoms with Crippen molar-refractivity contribution in [2.75, 3.05) is 13.7 Å². The van der Waals surface area contributed by atoms with Gasteiger partial charge in [-0.1, -0.05) is 6.07 Å². The quantitative estimate of drug-likeness (QED) is 0.586. The molecule has 0 saturated heterocycles. The molecule has 2 aromatic heterocycles. The maximum atomic E-state index is 12.8. The van der Waals surface area contributed by atoms with Crippen molar-refractivity contribution in [2.45, 2.75) is 19.6 Å². The van der Waals surface area contributed by atoms with Crippen LogP contribution < -0.4 is 14.8 Å². The Bertz CT molecular complexity index is 1070. The summed E-state index contributed by atoms with van der Waals surface area (Å²) in [6.45, 7) is 2.46. The molecule has 1 N–H and O–H groups in total. The Labute approximate surface area is 170 Å². The Morgan fingerprint density at radius 3 is 2.70 bits per heavy atom. The van der Waals surface area contributed by atoms with Crippen LogP contribution in [0.5, 0.6) is 11.5 Å². The molecule has 0 spiro atoms. The van der Waals surface area contributed by atoms with Crippen molar-refractivity contribution in [3.63, 3.8) is 0 Å². The normalized spacial score (nSPS) is 11.8. The molecule has 0 fully saturated rings. The Balaban J connectivity index is 1.63. The van der Waals surface area contributed by atoms with E-state index < -0.39 is 11.7 Å². The van der Waals surface area contributed by atoms with E-state index in [4.69, 9.17) is 9.47 Å². The number of nitrogens with zero attached hydrogens (tertiary/aromatic N) is 2. The first-order chi connectivity index (χ1) is 14.3. The molecular weight excluding hydrogens is 399 g/mol. The maximum Gasteiger partial charge on any atom is 0.417 e. The average Bonchev–Trinajstić information content (AvgIpc) is 3.13. The molecular formula is C21H20F3N3O3. The van der Waals surface area contributed by atoms with Gasteiger partial charge >= 0.3 is 6.18 Å². The molecule has 0 unspecified atom stereocenters. The zero-order valence-electron chi connectivity index (χ0n) is 16.4. The molecule has 0 aliphatic heterocycles.